The maximum atomic E-state index is 8.83. The van der Waals surface area contributed by atoms with E-state index >= 15 is 0 Å². The molecule has 9 nitrogen and oxygen atoms in total. The van der Waals surface area contributed by atoms with E-state index in [9.17, 15) is 0 Å². The van der Waals surface area contributed by atoms with Crippen LogP contribution in [0.2, 0.25) is 0 Å². The van der Waals surface area contributed by atoms with Crippen molar-refractivity contribution in [1.29, 1.82) is 10.7 Å². The first-order valence-electron chi connectivity index (χ1n) is 5.95. The first-order chi connectivity index (χ1) is 10.0. The van der Waals surface area contributed by atoms with Crippen LogP contribution >= 0.6 is 0 Å². The summed E-state index contributed by atoms with van der Waals surface area (Å²) in [6.07, 6.45) is 1.48. The number of tetrazole rings is 1. The number of hydrogen-bond donors (Lipinski definition) is 3. The molecule has 21 heavy (non-hydrogen) atoms. The summed E-state index contributed by atoms with van der Waals surface area (Å²) in [4.78, 5) is 0. The predicted molar refractivity (Wildman–Crippen MR) is 77.2 cm³/mol. The summed E-state index contributed by atoms with van der Waals surface area (Å²) in [7, 11) is 0. The number of amidine groups is 1. The van der Waals surface area contributed by atoms with Crippen molar-refractivity contribution in [2.45, 2.75) is 13.8 Å². The Bertz CT molecular complexity index is 737. The smallest absolute Gasteiger partial charge is 0.201 e. The van der Waals surface area contributed by atoms with Crippen LogP contribution in [0.15, 0.2) is 23.6 Å². The molecule has 9 heteroatoms. The SMILES string of the molecule is Cc1cc(-n2cnnn2)cc(N/N=C(\C#N)C(=N)N)c1C. The van der Waals surface area contributed by atoms with Crippen LogP contribution in [-0.2, 0) is 0 Å². The molecule has 0 fully saturated rings. The van der Waals surface area contributed by atoms with Gasteiger partial charge in [-0.05, 0) is 47.5 Å². The molecule has 0 radical (unpaired) electrons. The van der Waals surface area contributed by atoms with Crippen molar-refractivity contribution in [2.75, 3.05) is 5.43 Å². The molecule has 1 aromatic carbocycles. The van der Waals surface area contributed by atoms with Gasteiger partial charge in [-0.2, -0.15) is 10.4 Å². The van der Waals surface area contributed by atoms with Crippen molar-refractivity contribution in [1.82, 2.24) is 20.2 Å². The van der Waals surface area contributed by atoms with E-state index in [1.54, 1.807) is 12.1 Å². The van der Waals surface area contributed by atoms with Crippen molar-refractivity contribution in [3.63, 3.8) is 0 Å². The lowest BCUT2D eigenvalue weighted by molar-refractivity contribution is 0.788. The zero-order valence-electron chi connectivity index (χ0n) is 11.5. The number of benzene rings is 1. The van der Waals surface area contributed by atoms with Crippen molar-refractivity contribution in [2.24, 2.45) is 10.8 Å². The van der Waals surface area contributed by atoms with E-state index in [0.717, 1.165) is 16.8 Å². The van der Waals surface area contributed by atoms with Crippen LogP contribution in [0, 0.1) is 30.6 Å². The fraction of sp³-hybridized carbons (Fsp3) is 0.167. The van der Waals surface area contributed by atoms with Gasteiger partial charge in [0.25, 0.3) is 0 Å². The molecular weight excluding hydrogens is 270 g/mol. The lowest BCUT2D eigenvalue weighted by Crippen LogP contribution is -2.22. The summed E-state index contributed by atoms with van der Waals surface area (Å²) in [5, 5.41) is 30.9. The molecule has 0 atom stereocenters. The number of hydrogen-bond acceptors (Lipinski definition) is 7. The van der Waals surface area contributed by atoms with Crippen LogP contribution in [0.4, 0.5) is 5.69 Å². The van der Waals surface area contributed by atoms with E-state index in [1.807, 2.05) is 19.9 Å². The van der Waals surface area contributed by atoms with Gasteiger partial charge in [-0.15, -0.1) is 5.10 Å². The van der Waals surface area contributed by atoms with E-state index in [4.69, 9.17) is 16.4 Å². The van der Waals surface area contributed by atoms with Gasteiger partial charge in [-0.25, -0.2) is 4.68 Å². The topological polar surface area (TPSA) is 142 Å². The molecule has 4 N–H and O–H groups in total. The Morgan fingerprint density at radius 2 is 2.24 bits per heavy atom. The fourth-order valence-electron chi connectivity index (χ4n) is 1.63. The average Bonchev–Trinajstić information content (AvgIpc) is 2.97. The van der Waals surface area contributed by atoms with E-state index < -0.39 is 5.84 Å². The van der Waals surface area contributed by atoms with Crippen LogP contribution in [0.25, 0.3) is 5.69 Å². The van der Waals surface area contributed by atoms with Gasteiger partial charge >= 0.3 is 0 Å². The zero-order chi connectivity index (χ0) is 15.4. The molecule has 0 spiro atoms. The van der Waals surface area contributed by atoms with Gasteiger partial charge in [-0.1, -0.05) is 0 Å². The van der Waals surface area contributed by atoms with E-state index in [1.165, 1.54) is 11.0 Å². The molecule has 2 rings (SSSR count). The molecule has 0 unspecified atom stereocenters. The number of nitrogens with zero attached hydrogens (tertiary/aromatic N) is 6. The number of nitrogens with two attached hydrogens (primary N) is 1. The molecule has 0 aliphatic rings. The normalized spacial score (nSPS) is 11.0. The Morgan fingerprint density at radius 3 is 2.81 bits per heavy atom. The number of hydrazone groups is 1. The maximum Gasteiger partial charge on any atom is 0.201 e. The first-order valence-corrected chi connectivity index (χ1v) is 5.95. The standard InChI is InChI=1S/C12H13N9/c1-7-3-9(21-6-16-19-20-21)4-10(8(7)2)17-18-11(5-13)12(14)15/h3-4,6,17H,1-2H3,(H3,14,15)/b18-11+. The van der Waals surface area contributed by atoms with E-state index in [0.29, 0.717) is 5.69 Å². The number of aromatic nitrogens is 4. The Balaban J connectivity index is 2.40. The van der Waals surface area contributed by atoms with Crippen LogP contribution in [-0.4, -0.2) is 31.8 Å². The highest BCUT2D eigenvalue weighted by Crippen LogP contribution is 2.23. The molecule has 0 saturated carbocycles. The fourth-order valence-corrected chi connectivity index (χ4v) is 1.63. The summed E-state index contributed by atoms with van der Waals surface area (Å²) in [5.74, 6) is -0.393. The average molecular weight is 283 g/mol. The van der Waals surface area contributed by atoms with Crippen LogP contribution < -0.4 is 11.2 Å². The van der Waals surface area contributed by atoms with Crippen molar-refractivity contribution >= 4 is 17.2 Å². The van der Waals surface area contributed by atoms with Crippen molar-refractivity contribution in [3.8, 4) is 11.8 Å². The maximum absolute atomic E-state index is 8.83. The Morgan fingerprint density at radius 1 is 1.48 bits per heavy atom. The quantitative estimate of drug-likeness (QED) is 0.424. The third-order valence-electron chi connectivity index (χ3n) is 2.91. The molecule has 1 aromatic heterocycles. The van der Waals surface area contributed by atoms with E-state index in [-0.39, 0.29) is 5.71 Å². The molecule has 0 saturated heterocycles. The van der Waals surface area contributed by atoms with Gasteiger partial charge in [0.2, 0.25) is 5.71 Å². The summed E-state index contributed by atoms with van der Waals surface area (Å²) in [6, 6.07) is 5.46. The lowest BCUT2D eigenvalue weighted by atomic mass is 10.1. The third-order valence-corrected chi connectivity index (χ3v) is 2.91. The second-order valence-electron chi connectivity index (χ2n) is 4.29. The number of rotatable bonds is 4. The summed E-state index contributed by atoms with van der Waals surface area (Å²) in [6.45, 7) is 3.85. The zero-order valence-corrected chi connectivity index (χ0v) is 11.5. The van der Waals surface area contributed by atoms with Gasteiger partial charge in [-0.3, -0.25) is 10.8 Å². The molecule has 2 aromatic rings. The first kappa shape index (κ1) is 14.1. The van der Waals surface area contributed by atoms with Gasteiger partial charge in [0, 0.05) is 0 Å². The van der Waals surface area contributed by atoms with Crippen LogP contribution in [0.1, 0.15) is 11.1 Å². The molecule has 0 amide bonds. The summed E-state index contributed by atoms with van der Waals surface area (Å²) < 4.78 is 1.51. The minimum Gasteiger partial charge on any atom is -0.382 e. The summed E-state index contributed by atoms with van der Waals surface area (Å²) in [5.41, 5.74) is 11.2. The molecular formula is C12H13N9. The van der Waals surface area contributed by atoms with Crippen molar-refractivity contribution in [3.05, 3.63) is 29.6 Å². The summed E-state index contributed by atoms with van der Waals surface area (Å²) >= 11 is 0. The molecule has 0 aliphatic carbocycles. The Kier molecular flexibility index (Phi) is 3.90. The number of aryl methyl sites for hydroxylation is 1. The van der Waals surface area contributed by atoms with Crippen LogP contribution in [0.5, 0.6) is 0 Å². The highest BCUT2D eigenvalue weighted by Gasteiger charge is 2.08. The van der Waals surface area contributed by atoms with Crippen LogP contribution in [0.3, 0.4) is 0 Å². The predicted octanol–water partition coefficient (Wildman–Crippen LogP) is 0.507. The van der Waals surface area contributed by atoms with Crippen molar-refractivity contribution < 1.29 is 0 Å². The number of nitriles is 1. The molecule has 1 heterocycles. The Hall–Kier alpha value is -3.28. The van der Waals surface area contributed by atoms with E-state index in [2.05, 4.69) is 26.1 Å². The number of nitrogens with one attached hydrogen (secondary N) is 2. The highest BCUT2D eigenvalue weighted by atomic mass is 15.5. The highest BCUT2D eigenvalue weighted by molar-refractivity contribution is 6.45. The molecule has 0 bridgehead atoms. The molecule has 0 aliphatic heterocycles. The lowest BCUT2D eigenvalue weighted by Gasteiger charge is -2.11. The largest absolute Gasteiger partial charge is 0.382 e. The van der Waals surface area contributed by atoms with Gasteiger partial charge in [0.15, 0.2) is 5.84 Å². The second kappa shape index (κ2) is 5.79. The van der Waals surface area contributed by atoms with Gasteiger partial charge in [0.1, 0.15) is 12.4 Å². The number of anilines is 1. The van der Waals surface area contributed by atoms with Gasteiger partial charge in [0.05, 0.1) is 11.4 Å². The van der Waals surface area contributed by atoms with Gasteiger partial charge < -0.3 is 5.73 Å². The minimum atomic E-state index is -0.393. The minimum absolute atomic E-state index is 0.181. The third kappa shape index (κ3) is 3.01. The Labute approximate surface area is 120 Å². The monoisotopic (exact) mass is 283 g/mol. The second-order valence-corrected chi connectivity index (χ2v) is 4.29. The molecule has 106 valence electrons.